The van der Waals surface area contributed by atoms with E-state index in [4.69, 9.17) is 0 Å². The van der Waals surface area contributed by atoms with Crippen molar-refractivity contribution >= 4 is 17.0 Å². The maximum atomic E-state index is 2.38. The fourth-order valence-corrected chi connectivity index (χ4v) is 1.67. The summed E-state index contributed by atoms with van der Waals surface area (Å²) < 4.78 is 0. The summed E-state index contributed by atoms with van der Waals surface area (Å²) >= 11 is 0. The third-order valence-electron chi connectivity index (χ3n) is 2.97. The molecule has 1 unspecified atom stereocenters. The van der Waals surface area contributed by atoms with Crippen molar-refractivity contribution in [1.82, 2.24) is 0 Å². The van der Waals surface area contributed by atoms with Crippen LogP contribution >= 0.6 is 17.0 Å². The number of allylic oxidation sites excluding steroid dienone is 4. The molecule has 0 fully saturated rings. The molecule has 0 spiro atoms. The fourth-order valence-electron chi connectivity index (χ4n) is 1.67. The molecule has 1 atom stereocenters. The van der Waals surface area contributed by atoms with E-state index in [1.54, 1.807) is 0 Å². The lowest BCUT2D eigenvalue weighted by atomic mass is 9.97. The first kappa shape index (κ1) is 18.3. The Balaban J connectivity index is 0. The van der Waals surface area contributed by atoms with Crippen LogP contribution in [0.4, 0.5) is 0 Å². The van der Waals surface area contributed by atoms with Gasteiger partial charge in [-0.3, -0.25) is 0 Å². The maximum absolute atomic E-state index is 2.38. The molecule has 16 heavy (non-hydrogen) atoms. The van der Waals surface area contributed by atoms with E-state index in [9.17, 15) is 0 Å². The van der Waals surface area contributed by atoms with Gasteiger partial charge in [0, 0.05) is 0 Å². The molecule has 0 nitrogen and oxygen atoms in total. The third-order valence-corrected chi connectivity index (χ3v) is 2.97. The van der Waals surface area contributed by atoms with E-state index in [1.165, 1.54) is 43.3 Å². The highest BCUT2D eigenvalue weighted by molar-refractivity contribution is 8.93. The summed E-state index contributed by atoms with van der Waals surface area (Å²) in [6.07, 6.45) is 11.2. The van der Waals surface area contributed by atoms with Gasteiger partial charge in [-0.15, -0.1) is 17.0 Å². The Morgan fingerprint density at radius 3 is 2.25 bits per heavy atom. The predicted octanol–water partition coefficient (Wildman–Crippen LogP) is 6.08. The minimum absolute atomic E-state index is 0. The van der Waals surface area contributed by atoms with Crippen molar-refractivity contribution in [2.24, 2.45) is 5.92 Å². The molecule has 0 N–H and O–H groups in total. The quantitative estimate of drug-likeness (QED) is 0.498. The Morgan fingerprint density at radius 2 is 1.75 bits per heavy atom. The summed E-state index contributed by atoms with van der Waals surface area (Å²) in [5.41, 5.74) is 2.98. The summed E-state index contributed by atoms with van der Waals surface area (Å²) in [5, 5.41) is 0. The predicted molar refractivity (Wildman–Crippen MR) is 81.4 cm³/mol. The normalized spacial score (nSPS) is 12.9. The lowest BCUT2D eigenvalue weighted by Crippen LogP contribution is -1.94. The van der Waals surface area contributed by atoms with E-state index >= 15 is 0 Å². The molecule has 0 rings (SSSR count). The van der Waals surface area contributed by atoms with Gasteiger partial charge in [0.25, 0.3) is 0 Å². The molecule has 0 saturated carbocycles. The van der Waals surface area contributed by atoms with E-state index in [2.05, 4.69) is 46.8 Å². The summed E-state index contributed by atoms with van der Waals surface area (Å²) in [7, 11) is 0. The third kappa shape index (κ3) is 12.0. The highest BCUT2D eigenvalue weighted by atomic mass is 79.9. The van der Waals surface area contributed by atoms with Gasteiger partial charge in [-0.05, 0) is 59.3 Å². The van der Waals surface area contributed by atoms with Crippen molar-refractivity contribution in [2.75, 3.05) is 0 Å². The Labute approximate surface area is 113 Å². The van der Waals surface area contributed by atoms with Crippen LogP contribution in [0, 0.1) is 5.92 Å². The van der Waals surface area contributed by atoms with Crippen molar-refractivity contribution in [3.63, 3.8) is 0 Å². The Morgan fingerprint density at radius 1 is 1.12 bits per heavy atom. The van der Waals surface area contributed by atoms with Crippen molar-refractivity contribution in [1.29, 1.82) is 0 Å². The lowest BCUT2D eigenvalue weighted by Gasteiger charge is -2.09. The molecular weight excluding hydrogens is 260 g/mol. The smallest absolute Gasteiger partial charge is 0.0323 e. The van der Waals surface area contributed by atoms with Crippen LogP contribution in [0.1, 0.15) is 66.7 Å². The Bertz CT molecular complexity index is 209. The molecular formula is C15H29Br. The van der Waals surface area contributed by atoms with Crippen molar-refractivity contribution in [3.05, 3.63) is 23.3 Å². The SMILES string of the molecule is Br.CC=C(C)CCCC(C)CCC=C(C)C. The van der Waals surface area contributed by atoms with Crippen LogP contribution in [0.2, 0.25) is 0 Å². The molecule has 0 saturated heterocycles. The molecule has 0 radical (unpaired) electrons. The van der Waals surface area contributed by atoms with Gasteiger partial charge in [0.1, 0.15) is 0 Å². The zero-order valence-electron chi connectivity index (χ0n) is 11.7. The van der Waals surface area contributed by atoms with E-state index in [1.807, 2.05) is 0 Å². The first-order valence-corrected chi connectivity index (χ1v) is 6.31. The van der Waals surface area contributed by atoms with Gasteiger partial charge in [0.2, 0.25) is 0 Å². The second-order valence-corrected chi connectivity index (χ2v) is 4.99. The second kappa shape index (κ2) is 11.4. The molecule has 96 valence electrons. The minimum Gasteiger partial charge on any atom is -0.114 e. The van der Waals surface area contributed by atoms with Gasteiger partial charge < -0.3 is 0 Å². The van der Waals surface area contributed by atoms with E-state index in [0.29, 0.717) is 0 Å². The lowest BCUT2D eigenvalue weighted by molar-refractivity contribution is 0.478. The fraction of sp³-hybridized carbons (Fsp3) is 0.733. The van der Waals surface area contributed by atoms with Crippen LogP contribution in [0.5, 0.6) is 0 Å². The average molecular weight is 289 g/mol. The number of rotatable bonds is 7. The first-order chi connectivity index (χ1) is 7.06. The summed E-state index contributed by atoms with van der Waals surface area (Å²) in [5.74, 6) is 0.880. The summed E-state index contributed by atoms with van der Waals surface area (Å²) in [6, 6.07) is 0. The molecule has 0 amide bonds. The van der Waals surface area contributed by atoms with Gasteiger partial charge in [-0.1, -0.05) is 36.6 Å². The zero-order chi connectivity index (χ0) is 11.7. The van der Waals surface area contributed by atoms with Crippen LogP contribution in [-0.2, 0) is 0 Å². The molecule has 1 heteroatoms. The summed E-state index contributed by atoms with van der Waals surface area (Å²) in [6.45, 7) is 11.1. The molecule has 0 aromatic carbocycles. The molecule has 0 aliphatic carbocycles. The Hall–Kier alpha value is -0.0400. The van der Waals surface area contributed by atoms with Gasteiger partial charge in [0.05, 0.1) is 0 Å². The van der Waals surface area contributed by atoms with Gasteiger partial charge in [0.15, 0.2) is 0 Å². The van der Waals surface area contributed by atoms with Crippen LogP contribution in [0.15, 0.2) is 23.3 Å². The van der Waals surface area contributed by atoms with E-state index in [0.717, 1.165) is 5.92 Å². The standard InChI is InChI=1S/C15H28.BrH/c1-6-14(4)10-8-12-15(5)11-7-9-13(2)3;/h6,9,15H,7-8,10-12H2,1-5H3;1H. The van der Waals surface area contributed by atoms with E-state index in [-0.39, 0.29) is 17.0 Å². The first-order valence-electron chi connectivity index (χ1n) is 6.31. The highest BCUT2D eigenvalue weighted by Gasteiger charge is 2.00. The Kier molecular flexibility index (Phi) is 13.1. The molecule has 0 aliphatic rings. The number of hydrogen-bond donors (Lipinski definition) is 0. The topological polar surface area (TPSA) is 0 Å². The van der Waals surface area contributed by atoms with E-state index < -0.39 is 0 Å². The van der Waals surface area contributed by atoms with Gasteiger partial charge in [-0.2, -0.15) is 0 Å². The van der Waals surface area contributed by atoms with Crippen molar-refractivity contribution in [2.45, 2.75) is 66.7 Å². The second-order valence-electron chi connectivity index (χ2n) is 4.99. The largest absolute Gasteiger partial charge is 0.114 e. The molecule has 0 aliphatic heterocycles. The molecule has 0 aromatic heterocycles. The highest BCUT2D eigenvalue weighted by Crippen LogP contribution is 2.17. The number of halogens is 1. The molecule has 0 bridgehead atoms. The van der Waals surface area contributed by atoms with Gasteiger partial charge >= 0.3 is 0 Å². The van der Waals surface area contributed by atoms with Crippen molar-refractivity contribution in [3.8, 4) is 0 Å². The monoisotopic (exact) mass is 288 g/mol. The zero-order valence-corrected chi connectivity index (χ0v) is 13.4. The minimum atomic E-state index is 0. The van der Waals surface area contributed by atoms with Gasteiger partial charge in [-0.25, -0.2) is 0 Å². The van der Waals surface area contributed by atoms with Crippen molar-refractivity contribution < 1.29 is 0 Å². The van der Waals surface area contributed by atoms with Crippen LogP contribution in [0.3, 0.4) is 0 Å². The maximum Gasteiger partial charge on any atom is -0.0323 e. The van der Waals surface area contributed by atoms with Crippen LogP contribution in [-0.4, -0.2) is 0 Å². The van der Waals surface area contributed by atoms with Crippen LogP contribution < -0.4 is 0 Å². The van der Waals surface area contributed by atoms with Crippen LogP contribution in [0.25, 0.3) is 0 Å². The molecule has 0 heterocycles. The average Bonchev–Trinajstić information content (AvgIpc) is 2.17. The molecule has 0 aromatic rings. The summed E-state index contributed by atoms with van der Waals surface area (Å²) in [4.78, 5) is 0. The number of hydrogen-bond acceptors (Lipinski definition) is 0.